The van der Waals surface area contributed by atoms with Crippen LogP contribution in [0.2, 0.25) is 10.0 Å². The molecule has 0 bridgehead atoms. The number of sulfonamides is 1. The van der Waals surface area contributed by atoms with E-state index in [0.717, 1.165) is 17.0 Å². The van der Waals surface area contributed by atoms with Gasteiger partial charge in [0.05, 0.1) is 11.9 Å². The molecular formula is C22H26BrCl2N3O4S. The Morgan fingerprint density at radius 2 is 1.70 bits per heavy atom. The number of benzene rings is 2. The number of nitrogens with one attached hydrogen (secondary N) is 1. The lowest BCUT2D eigenvalue weighted by Crippen LogP contribution is -2.51. The molecule has 11 heteroatoms. The summed E-state index contributed by atoms with van der Waals surface area (Å²) in [5.74, 6) is -0.938. The van der Waals surface area contributed by atoms with Gasteiger partial charge in [-0.15, -0.1) is 0 Å². The molecule has 0 fully saturated rings. The summed E-state index contributed by atoms with van der Waals surface area (Å²) in [6.07, 6.45) is 1.75. The van der Waals surface area contributed by atoms with E-state index in [4.69, 9.17) is 23.2 Å². The van der Waals surface area contributed by atoms with Crippen LogP contribution in [0.3, 0.4) is 0 Å². The predicted molar refractivity (Wildman–Crippen MR) is 136 cm³/mol. The van der Waals surface area contributed by atoms with E-state index in [1.165, 1.54) is 4.90 Å². The summed E-state index contributed by atoms with van der Waals surface area (Å²) in [6.45, 7) is 3.38. The second-order valence-electron chi connectivity index (χ2n) is 7.41. The molecule has 180 valence electrons. The maximum Gasteiger partial charge on any atom is 0.244 e. The van der Waals surface area contributed by atoms with Gasteiger partial charge in [-0.25, -0.2) is 8.42 Å². The van der Waals surface area contributed by atoms with Crippen LogP contribution in [0.4, 0.5) is 5.69 Å². The number of carbonyl (C=O) groups excluding carboxylic acids is 2. The lowest BCUT2D eigenvalue weighted by atomic mass is 10.1. The van der Waals surface area contributed by atoms with E-state index in [-0.39, 0.29) is 12.5 Å². The van der Waals surface area contributed by atoms with Gasteiger partial charge < -0.3 is 10.2 Å². The lowest BCUT2D eigenvalue weighted by Gasteiger charge is -2.32. The maximum absolute atomic E-state index is 13.5. The first-order valence-corrected chi connectivity index (χ1v) is 13.6. The summed E-state index contributed by atoms with van der Waals surface area (Å²) >= 11 is 16.0. The highest BCUT2D eigenvalue weighted by Gasteiger charge is 2.31. The van der Waals surface area contributed by atoms with Crippen LogP contribution in [-0.2, 0) is 26.2 Å². The third-order valence-electron chi connectivity index (χ3n) is 4.91. The van der Waals surface area contributed by atoms with Crippen molar-refractivity contribution in [3.05, 3.63) is 62.5 Å². The van der Waals surface area contributed by atoms with Crippen molar-refractivity contribution >= 4 is 66.7 Å². The number of hydrogen-bond acceptors (Lipinski definition) is 4. The molecular weight excluding hydrogens is 553 g/mol. The van der Waals surface area contributed by atoms with Crippen molar-refractivity contribution in [2.24, 2.45) is 0 Å². The van der Waals surface area contributed by atoms with E-state index >= 15 is 0 Å². The zero-order valence-corrected chi connectivity index (χ0v) is 22.4. The monoisotopic (exact) mass is 577 g/mol. The van der Waals surface area contributed by atoms with Gasteiger partial charge in [0, 0.05) is 33.2 Å². The number of rotatable bonds is 10. The van der Waals surface area contributed by atoms with Gasteiger partial charge in [0.25, 0.3) is 0 Å². The summed E-state index contributed by atoms with van der Waals surface area (Å²) in [7, 11) is -3.82. The Morgan fingerprint density at radius 3 is 2.24 bits per heavy atom. The third kappa shape index (κ3) is 7.34. The Labute approximate surface area is 213 Å². The first-order chi connectivity index (χ1) is 15.5. The molecule has 0 saturated carbocycles. The first-order valence-electron chi connectivity index (χ1n) is 10.2. The molecule has 0 aliphatic carbocycles. The fraction of sp³-hybridized carbons (Fsp3) is 0.364. The van der Waals surface area contributed by atoms with E-state index in [9.17, 15) is 18.0 Å². The molecule has 1 atom stereocenters. The maximum atomic E-state index is 13.5. The van der Waals surface area contributed by atoms with Crippen molar-refractivity contribution in [3.63, 3.8) is 0 Å². The van der Waals surface area contributed by atoms with E-state index in [2.05, 4.69) is 21.2 Å². The van der Waals surface area contributed by atoms with Crippen LogP contribution in [0.1, 0.15) is 25.8 Å². The summed E-state index contributed by atoms with van der Waals surface area (Å²) in [6, 6.07) is 10.7. The van der Waals surface area contributed by atoms with E-state index in [1.807, 2.05) is 6.92 Å². The van der Waals surface area contributed by atoms with Crippen LogP contribution in [0.25, 0.3) is 0 Å². The van der Waals surface area contributed by atoms with Gasteiger partial charge >= 0.3 is 0 Å². The Bertz CT molecular complexity index is 1090. The number of anilines is 1. The van der Waals surface area contributed by atoms with Gasteiger partial charge in [-0.05, 0) is 53.5 Å². The molecule has 0 spiro atoms. The van der Waals surface area contributed by atoms with Crippen LogP contribution in [0, 0.1) is 0 Å². The number of hydrogen-bond donors (Lipinski definition) is 1. The predicted octanol–water partition coefficient (Wildman–Crippen LogP) is 4.47. The van der Waals surface area contributed by atoms with Crippen LogP contribution in [-0.4, -0.2) is 50.5 Å². The summed E-state index contributed by atoms with van der Waals surface area (Å²) in [5.41, 5.74) is 0.781. The summed E-state index contributed by atoms with van der Waals surface area (Å²) < 4.78 is 26.6. The molecule has 0 aromatic heterocycles. The Morgan fingerprint density at radius 1 is 1.09 bits per heavy atom. The highest BCUT2D eigenvalue weighted by Crippen LogP contribution is 2.29. The van der Waals surface area contributed by atoms with Crippen molar-refractivity contribution < 1.29 is 18.0 Å². The minimum atomic E-state index is -3.82. The molecule has 0 saturated heterocycles. The van der Waals surface area contributed by atoms with E-state index in [1.54, 1.807) is 49.4 Å². The van der Waals surface area contributed by atoms with Gasteiger partial charge in [0.2, 0.25) is 21.8 Å². The molecule has 1 N–H and O–H groups in total. The number of amides is 2. The number of halogens is 3. The molecule has 2 aromatic carbocycles. The summed E-state index contributed by atoms with van der Waals surface area (Å²) in [4.78, 5) is 27.5. The fourth-order valence-electron chi connectivity index (χ4n) is 3.08. The first kappa shape index (κ1) is 27.4. The minimum absolute atomic E-state index is 0.0639. The zero-order valence-electron chi connectivity index (χ0n) is 18.5. The Balaban J connectivity index is 2.45. The average Bonchev–Trinajstić information content (AvgIpc) is 2.75. The van der Waals surface area contributed by atoms with Crippen LogP contribution < -0.4 is 9.62 Å². The highest BCUT2D eigenvalue weighted by atomic mass is 79.9. The SMILES string of the molecule is CCCNC(=O)C(C)N(Cc1c(Cl)cccc1Cl)C(=O)CN(c1ccccc1Br)S(C)(=O)=O. The van der Waals surface area contributed by atoms with Gasteiger partial charge in [-0.3, -0.25) is 13.9 Å². The molecule has 2 aromatic rings. The minimum Gasteiger partial charge on any atom is -0.354 e. The van der Waals surface area contributed by atoms with Crippen molar-refractivity contribution in [3.8, 4) is 0 Å². The largest absolute Gasteiger partial charge is 0.354 e. The van der Waals surface area contributed by atoms with Crippen molar-refractivity contribution in [1.82, 2.24) is 10.2 Å². The molecule has 7 nitrogen and oxygen atoms in total. The van der Waals surface area contributed by atoms with Crippen molar-refractivity contribution in [1.29, 1.82) is 0 Å². The van der Waals surface area contributed by atoms with Crippen LogP contribution in [0.5, 0.6) is 0 Å². The zero-order chi connectivity index (χ0) is 24.8. The molecule has 33 heavy (non-hydrogen) atoms. The standard InChI is InChI=1S/C22H26BrCl2N3O4S/c1-4-12-26-22(30)15(2)27(13-16-18(24)9-7-10-19(16)25)21(29)14-28(33(3,31)32)20-11-6-5-8-17(20)23/h5-11,15H,4,12-14H2,1-3H3,(H,26,30). The normalized spacial score (nSPS) is 12.2. The Hall–Kier alpha value is -1.81. The van der Waals surface area contributed by atoms with Crippen LogP contribution in [0.15, 0.2) is 46.9 Å². The van der Waals surface area contributed by atoms with Gasteiger partial charge in [-0.2, -0.15) is 0 Å². The Kier molecular flexibility index (Phi) is 10.0. The van der Waals surface area contributed by atoms with Crippen LogP contribution >= 0.6 is 39.1 Å². The lowest BCUT2D eigenvalue weighted by molar-refractivity contribution is -0.139. The molecule has 2 amide bonds. The number of carbonyl (C=O) groups is 2. The van der Waals surface area contributed by atoms with Gasteiger partial charge in [0.1, 0.15) is 12.6 Å². The molecule has 2 rings (SSSR count). The van der Waals surface area contributed by atoms with Crippen molar-refractivity contribution in [2.75, 3.05) is 23.7 Å². The quantitative estimate of drug-likeness (QED) is 0.451. The highest BCUT2D eigenvalue weighted by molar-refractivity contribution is 9.10. The van der Waals surface area contributed by atoms with E-state index < -0.39 is 28.5 Å². The average molecular weight is 579 g/mol. The van der Waals surface area contributed by atoms with Crippen molar-refractivity contribution in [2.45, 2.75) is 32.9 Å². The van der Waals surface area contributed by atoms with Gasteiger partial charge in [-0.1, -0.05) is 48.3 Å². The fourth-order valence-corrected chi connectivity index (χ4v) is 5.08. The summed E-state index contributed by atoms with van der Waals surface area (Å²) in [5, 5.41) is 3.45. The molecule has 0 radical (unpaired) electrons. The number of para-hydroxylation sites is 1. The molecule has 0 aliphatic heterocycles. The third-order valence-corrected chi connectivity index (χ3v) is 7.41. The molecule has 0 aliphatic rings. The second-order valence-corrected chi connectivity index (χ2v) is 11.0. The molecule has 0 heterocycles. The molecule has 1 unspecified atom stereocenters. The topological polar surface area (TPSA) is 86.8 Å². The second kappa shape index (κ2) is 12.1. The number of nitrogens with zero attached hydrogens (tertiary/aromatic N) is 2. The van der Waals surface area contributed by atoms with Gasteiger partial charge in [0.15, 0.2) is 0 Å². The van der Waals surface area contributed by atoms with E-state index in [0.29, 0.717) is 32.3 Å². The smallest absolute Gasteiger partial charge is 0.244 e.